The van der Waals surface area contributed by atoms with Gasteiger partial charge in [-0.25, -0.2) is 0 Å². The normalized spacial score (nSPS) is 18.9. The minimum Gasteiger partial charge on any atom is -0.399 e. The fourth-order valence-electron chi connectivity index (χ4n) is 4.68. The van der Waals surface area contributed by atoms with E-state index in [9.17, 15) is 0 Å². The smallest absolute Gasteiger partial charge is 0.399 e. The first kappa shape index (κ1) is 23.1. The van der Waals surface area contributed by atoms with Gasteiger partial charge >= 0.3 is 7.12 Å². The van der Waals surface area contributed by atoms with Crippen LogP contribution < -0.4 is 4.78 Å². The molecule has 158 valence electrons. The second-order valence-electron chi connectivity index (χ2n) is 10.2. The average molecular weight is 447 g/mol. The van der Waals surface area contributed by atoms with E-state index in [2.05, 4.69) is 92.1 Å². The summed E-state index contributed by atoms with van der Waals surface area (Å²) >= 11 is 3.56. The van der Waals surface area contributed by atoms with Gasteiger partial charge in [0.1, 0.15) is 8.07 Å². The predicted octanol–water partition coefficient (Wildman–Crippen LogP) is 6.83. The average Bonchev–Trinajstić information content (AvgIpc) is 3.20. The lowest BCUT2D eigenvalue weighted by Crippen LogP contribution is -2.43. The van der Waals surface area contributed by atoms with Gasteiger partial charge in [-0.15, -0.1) is 28.2 Å². The maximum absolute atomic E-state index is 6.40. The SMILES string of the molecule is CC(C)[Si](C#Cc1c(B2OC(C)(C)C(C)(C)O2)sc2ccsc12)(C(C)C)C(C)C. The fourth-order valence-corrected chi connectivity index (χ4v) is 12.1. The van der Waals surface area contributed by atoms with Crippen LogP contribution >= 0.6 is 22.7 Å². The van der Waals surface area contributed by atoms with Gasteiger partial charge in [-0.05, 0) is 55.8 Å². The van der Waals surface area contributed by atoms with E-state index in [-0.39, 0.29) is 18.3 Å². The number of rotatable bonds is 4. The standard InChI is InChI=1S/C23H35BO2S2Si/c1-15(2)29(16(3)4,17(5)6)14-12-18-20-19(11-13-27-20)28-21(18)24-25-22(7,8)23(9,10)26-24/h11,13,15-17H,1-10H3. The Morgan fingerprint density at radius 1 is 0.931 bits per heavy atom. The number of hydrogen-bond donors (Lipinski definition) is 0. The molecule has 2 nitrogen and oxygen atoms in total. The molecule has 3 rings (SSSR count). The summed E-state index contributed by atoms with van der Waals surface area (Å²) in [7, 11) is -2.15. The zero-order valence-electron chi connectivity index (χ0n) is 19.6. The summed E-state index contributed by atoms with van der Waals surface area (Å²) in [5.74, 6) is 3.71. The fraction of sp³-hybridized carbons (Fsp3) is 0.652. The third-order valence-corrected chi connectivity index (χ3v) is 15.6. The molecular formula is C23H35BO2S2Si. The van der Waals surface area contributed by atoms with Gasteiger partial charge in [0.05, 0.1) is 26.2 Å². The number of thiophene rings is 2. The van der Waals surface area contributed by atoms with Gasteiger partial charge in [-0.2, -0.15) is 0 Å². The van der Waals surface area contributed by atoms with E-state index in [1.165, 1.54) is 9.40 Å². The van der Waals surface area contributed by atoms with E-state index in [1.54, 1.807) is 22.7 Å². The van der Waals surface area contributed by atoms with Crippen molar-refractivity contribution < 1.29 is 9.31 Å². The van der Waals surface area contributed by atoms with Crippen LogP contribution in [-0.2, 0) is 9.31 Å². The Hall–Kier alpha value is -0.578. The summed E-state index contributed by atoms with van der Waals surface area (Å²) in [5.41, 5.74) is 6.22. The Morgan fingerprint density at radius 2 is 1.45 bits per heavy atom. The van der Waals surface area contributed by atoms with Crippen LogP contribution in [-0.4, -0.2) is 26.4 Å². The number of fused-ring (bicyclic) bond motifs is 1. The highest BCUT2D eigenvalue weighted by Crippen LogP contribution is 2.42. The lowest BCUT2D eigenvalue weighted by molar-refractivity contribution is 0.00578. The van der Waals surface area contributed by atoms with Crippen LogP contribution in [0.5, 0.6) is 0 Å². The highest BCUT2D eigenvalue weighted by Gasteiger charge is 2.53. The summed E-state index contributed by atoms with van der Waals surface area (Å²) in [6.07, 6.45) is 0. The molecule has 1 fully saturated rings. The number of hydrogen-bond acceptors (Lipinski definition) is 4. The molecule has 2 aromatic rings. The van der Waals surface area contributed by atoms with Crippen LogP contribution in [0.3, 0.4) is 0 Å². The van der Waals surface area contributed by atoms with E-state index in [0.717, 1.165) is 10.3 Å². The van der Waals surface area contributed by atoms with Gasteiger partial charge in [0.25, 0.3) is 0 Å². The summed E-state index contributed by atoms with van der Waals surface area (Å²) < 4.78 is 16.5. The van der Waals surface area contributed by atoms with E-state index >= 15 is 0 Å². The van der Waals surface area contributed by atoms with Crippen LogP contribution in [0.4, 0.5) is 0 Å². The van der Waals surface area contributed by atoms with Crippen molar-refractivity contribution in [2.45, 2.75) is 97.1 Å². The largest absolute Gasteiger partial charge is 0.506 e. The predicted molar refractivity (Wildman–Crippen MR) is 133 cm³/mol. The molecule has 0 atom stereocenters. The van der Waals surface area contributed by atoms with Crippen molar-refractivity contribution in [2.24, 2.45) is 0 Å². The van der Waals surface area contributed by atoms with Gasteiger partial charge in [0, 0.05) is 4.70 Å². The van der Waals surface area contributed by atoms with Crippen molar-refractivity contribution in [1.82, 2.24) is 0 Å². The highest BCUT2D eigenvalue weighted by atomic mass is 32.1. The Kier molecular flexibility index (Phi) is 6.24. The van der Waals surface area contributed by atoms with Crippen molar-refractivity contribution in [1.29, 1.82) is 0 Å². The van der Waals surface area contributed by atoms with Gasteiger partial charge < -0.3 is 9.31 Å². The van der Waals surface area contributed by atoms with Crippen molar-refractivity contribution >= 4 is 52.0 Å². The Bertz CT molecular complexity index is 905. The molecule has 6 heteroatoms. The zero-order chi connectivity index (χ0) is 21.8. The molecular weight excluding hydrogens is 411 g/mol. The second kappa shape index (κ2) is 7.84. The lowest BCUT2D eigenvalue weighted by atomic mass is 9.85. The minimum atomic E-state index is -1.80. The van der Waals surface area contributed by atoms with Gasteiger partial charge in [0.2, 0.25) is 0 Å². The summed E-state index contributed by atoms with van der Waals surface area (Å²) in [6, 6.07) is 2.20. The summed E-state index contributed by atoms with van der Waals surface area (Å²) in [4.78, 5) is 0. The Labute approximate surface area is 186 Å². The molecule has 2 aromatic heterocycles. The van der Waals surface area contributed by atoms with E-state index in [4.69, 9.17) is 9.31 Å². The van der Waals surface area contributed by atoms with Crippen molar-refractivity contribution in [3.63, 3.8) is 0 Å². The topological polar surface area (TPSA) is 18.5 Å². The molecule has 0 radical (unpaired) electrons. The van der Waals surface area contributed by atoms with E-state index in [1.807, 2.05) is 0 Å². The van der Waals surface area contributed by atoms with Crippen LogP contribution in [0.1, 0.15) is 74.8 Å². The third kappa shape index (κ3) is 3.79. The Balaban J connectivity index is 2.14. The first-order chi connectivity index (χ1) is 13.3. The Morgan fingerprint density at radius 3 is 1.93 bits per heavy atom. The monoisotopic (exact) mass is 446 g/mol. The van der Waals surface area contributed by atoms with E-state index in [0.29, 0.717) is 16.6 Å². The lowest BCUT2D eigenvalue weighted by Gasteiger charge is -2.38. The molecule has 0 saturated carbocycles. The van der Waals surface area contributed by atoms with Crippen LogP contribution in [0.2, 0.25) is 16.6 Å². The minimum absolute atomic E-state index is 0.341. The maximum atomic E-state index is 6.40. The zero-order valence-corrected chi connectivity index (χ0v) is 22.2. The molecule has 3 heterocycles. The van der Waals surface area contributed by atoms with Gasteiger partial charge in [-0.1, -0.05) is 47.5 Å². The highest BCUT2D eigenvalue weighted by molar-refractivity contribution is 7.33. The van der Waals surface area contributed by atoms with Gasteiger partial charge in [0.15, 0.2) is 0 Å². The molecule has 0 amide bonds. The summed E-state index contributed by atoms with van der Waals surface area (Å²) in [5, 5.41) is 2.17. The van der Waals surface area contributed by atoms with Crippen molar-refractivity contribution in [3.05, 3.63) is 17.0 Å². The molecule has 1 saturated heterocycles. The molecule has 0 N–H and O–H groups in total. The molecule has 0 bridgehead atoms. The maximum Gasteiger partial charge on any atom is 0.506 e. The van der Waals surface area contributed by atoms with Crippen LogP contribution in [0.25, 0.3) is 9.40 Å². The third-order valence-electron chi connectivity index (χ3n) is 7.06. The molecule has 29 heavy (non-hydrogen) atoms. The molecule has 0 spiro atoms. The van der Waals surface area contributed by atoms with Crippen LogP contribution in [0.15, 0.2) is 11.4 Å². The summed E-state index contributed by atoms with van der Waals surface area (Å²) in [6.45, 7) is 22.6. The van der Waals surface area contributed by atoms with E-state index < -0.39 is 8.07 Å². The first-order valence-electron chi connectivity index (χ1n) is 10.7. The molecule has 1 aliphatic heterocycles. The first-order valence-corrected chi connectivity index (χ1v) is 14.6. The quantitative estimate of drug-likeness (QED) is 0.378. The van der Waals surface area contributed by atoms with Crippen molar-refractivity contribution in [3.8, 4) is 11.5 Å². The second-order valence-corrected chi connectivity index (χ2v) is 17.8. The molecule has 0 aliphatic carbocycles. The molecule has 0 aromatic carbocycles. The van der Waals surface area contributed by atoms with Crippen molar-refractivity contribution in [2.75, 3.05) is 0 Å². The van der Waals surface area contributed by atoms with Gasteiger partial charge in [-0.3, -0.25) is 0 Å². The molecule has 0 unspecified atom stereocenters. The van der Waals surface area contributed by atoms with Crippen LogP contribution in [0, 0.1) is 11.5 Å². The molecule has 1 aliphatic rings.